The summed E-state index contributed by atoms with van der Waals surface area (Å²) in [7, 11) is 1.61. The first kappa shape index (κ1) is 17.9. The Bertz CT molecular complexity index is 1130. The zero-order chi connectivity index (χ0) is 19.5. The summed E-state index contributed by atoms with van der Waals surface area (Å²) in [5.74, 6) is 1.03. The molecule has 0 aliphatic carbocycles. The Balaban J connectivity index is 1.86. The maximum absolute atomic E-state index is 13.3. The number of nitrogens with one attached hydrogen (secondary N) is 1. The number of rotatable bonds is 5. The van der Waals surface area contributed by atoms with Crippen LogP contribution in [-0.4, -0.2) is 13.0 Å². The molecule has 28 heavy (non-hydrogen) atoms. The van der Waals surface area contributed by atoms with Gasteiger partial charge in [0.05, 0.1) is 12.7 Å². The third-order valence-corrected chi connectivity index (χ3v) is 4.80. The molecule has 0 aliphatic heterocycles. The second kappa shape index (κ2) is 7.61. The molecule has 140 valence electrons. The monoisotopic (exact) mass is 371 g/mol. The summed E-state index contributed by atoms with van der Waals surface area (Å²) in [6.07, 6.45) is 0.835. The van der Waals surface area contributed by atoms with Crippen molar-refractivity contribution >= 4 is 22.6 Å². The maximum Gasteiger partial charge on any atom is 0.260 e. The van der Waals surface area contributed by atoms with Crippen molar-refractivity contribution in [2.24, 2.45) is 0 Å². The van der Waals surface area contributed by atoms with Gasteiger partial charge in [0.2, 0.25) is 0 Å². The van der Waals surface area contributed by atoms with Crippen LogP contribution < -0.4 is 10.1 Å². The Morgan fingerprint density at radius 3 is 2.50 bits per heavy atom. The Labute approximate surface area is 163 Å². The number of ether oxygens (including phenoxy) is 1. The van der Waals surface area contributed by atoms with Crippen LogP contribution in [-0.2, 0) is 6.42 Å². The van der Waals surface area contributed by atoms with Crippen LogP contribution in [0.25, 0.3) is 22.3 Å². The van der Waals surface area contributed by atoms with Crippen LogP contribution in [0.1, 0.15) is 22.8 Å². The molecule has 4 heteroatoms. The Hall–Kier alpha value is -3.53. The highest BCUT2D eigenvalue weighted by atomic mass is 16.5. The number of hydrogen-bond acceptors (Lipinski definition) is 3. The fourth-order valence-corrected chi connectivity index (χ4v) is 3.36. The lowest BCUT2D eigenvalue weighted by atomic mass is 10.0. The van der Waals surface area contributed by atoms with E-state index in [0.29, 0.717) is 22.7 Å². The van der Waals surface area contributed by atoms with Gasteiger partial charge in [-0.25, -0.2) is 0 Å². The van der Waals surface area contributed by atoms with Crippen LogP contribution in [0, 0.1) is 0 Å². The molecule has 1 aromatic heterocycles. The van der Waals surface area contributed by atoms with Crippen LogP contribution in [0.4, 0.5) is 5.69 Å². The maximum atomic E-state index is 13.3. The van der Waals surface area contributed by atoms with Gasteiger partial charge in [-0.1, -0.05) is 55.5 Å². The van der Waals surface area contributed by atoms with E-state index in [1.54, 1.807) is 7.11 Å². The SMILES string of the molecule is CCc1ccccc1NC(=O)c1c(-c2ccccc2)oc2ccc(OC)cc12. The van der Waals surface area contributed by atoms with E-state index in [9.17, 15) is 4.79 Å². The molecule has 0 spiro atoms. The predicted octanol–water partition coefficient (Wildman–Crippen LogP) is 5.92. The molecule has 0 aliphatic rings. The van der Waals surface area contributed by atoms with Crippen LogP contribution in [0.3, 0.4) is 0 Å². The summed E-state index contributed by atoms with van der Waals surface area (Å²) in [6, 6.07) is 23.0. The molecule has 0 bridgehead atoms. The zero-order valence-corrected chi connectivity index (χ0v) is 15.9. The molecule has 4 aromatic rings. The van der Waals surface area contributed by atoms with Crippen molar-refractivity contribution in [1.82, 2.24) is 0 Å². The first-order valence-electron chi connectivity index (χ1n) is 9.26. The summed E-state index contributed by atoms with van der Waals surface area (Å²) in [6.45, 7) is 2.07. The van der Waals surface area contributed by atoms with E-state index in [4.69, 9.17) is 9.15 Å². The molecule has 0 saturated heterocycles. The number of fused-ring (bicyclic) bond motifs is 1. The molecule has 0 radical (unpaired) electrons. The second-order valence-electron chi connectivity index (χ2n) is 6.50. The number of amides is 1. The molecule has 3 aromatic carbocycles. The fraction of sp³-hybridized carbons (Fsp3) is 0.125. The lowest BCUT2D eigenvalue weighted by Gasteiger charge is -2.10. The average Bonchev–Trinajstić information content (AvgIpc) is 3.13. The first-order chi connectivity index (χ1) is 13.7. The van der Waals surface area contributed by atoms with Gasteiger partial charge < -0.3 is 14.5 Å². The highest BCUT2D eigenvalue weighted by molar-refractivity contribution is 6.16. The van der Waals surface area contributed by atoms with Gasteiger partial charge in [0.25, 0.3) is 5.91 Å². The molecule has 0 unspecified atom stereocenters. The minimum Gasteiger partial charge on any atom is -0.497 e. The van der Waals surface area contributed by atoms with Crippen molar-refractivity contribution in [3.63, 3.8) is 0 Å². The van der Waals surface area contributed by atoms with Gasteiger partial charge >= 0.3 is 0 Å². The molecular formula is C24H21NO3. The normalized spacial score (nSPS) is 10.8. The number of hydrogen-bond donors (Lipinski definition) is 1. The van der Waals surface area contributed by atoms with Crippen LogP contribution in [0.2, 0.25) is 0 Å². The van der Waals surface area contributed by atoms with Gasteiger partial charge in [0.1, 0.15) is 17.1 Å². The molecule has 0 saturated carbocycles. The van der Waals surface area contributed by atoms with Crippen LogP contribution in [0.5, 0.6) is 5.75 Å². The predicted molar refractivity (Wildman–Crippen MR) is 112 cm³/mol. The van der Waals surface area contributed by atoms with Crippen LogP contribution >= 0.6 is 0 Å². The number of anilines is 1. The number of carbonyl (C=O) groups is 1. The van der Waals surface area contributed by atoms with Crippen molar-refractivity contribution in [1.29, 1.82) is 0 Å². The van der Waals surface area contributed by atoms with Gasteiger partial charge in [-0.2, -0.15) is 0 Å². The highest BCUT2D eigenvalue weighted by Crippen LogP contribution is 2.36. The van der Waals surface area contributed by atoms with Gasteiger partial charge in [-0.3, -0.25) is 4.79 Å². The Morgan fingerprint density at radius 1 is 1.00 bits per heavy atom. The zero-order valence-electron chi connectivity index (χ0n) is 15.9. The van der Waals surface area contributed by atoms with Gasteiger partial charge in [-0.15, -0.1) is 0 Å². The van der Waals surface area contributed by atoms with E-state index >= 15 is 0 Å². The van der Waals surface area contributed by atoms with E-state index in [0.717, 1.165) is 28.6 Å². The standard InChI is InChI=1S/C24H21NO3/c1-3-16-9-7-8-12-20(16)25-24(26)22-19-15-18(27-2)13-14-21(19)28-23(22)17-10-5-4-6-11-17/h4-15H,3H2,1-2H3,(H,25,26). The highest BCUT2D eigenvalue weighted by Gasteiger charge is 2.23. The Kier molecular flexibility index (Phi) is 4.85. The van der Waals surface area contributed by atoms with Crippen molar-refractivity contribution in [2.45, 2.75) is 13.3 Å². The number of furan rings is 1. The van der Waals surface area contributed by atoms with Crippen molar-refractivity contribution in [2.75, 3.05) is 12.4 Å². The molecular weight excluding hydrogens is 350 g/mol. The smallest absolute Gasteiger partial charge is 0.260 e. The van der Waals surface area contributed by atoms with Crippen molar-refractivity contribution in [3.8, 4) is 17.1 Å². The molecule has 0 atom stereocenters. The lowest BCUT2D eigenvalue weighted by molar-refractivity contribution is 0.102. The molecule has 1 amide bonds. The quantitative estimate of drug-likeness (QED) is 0.473. The average molecular weight is 371 g/mol. The molecule has 4 rings (SSSR count). The third kappa shape index (κ3) is 3.25. The minimum absolute atomic E-state index is 0.202. The minimum atomic E-state index is -0.202. The van der Waals surface area contributed by atoms with E-state index in [2.05, 4.69) is 12.2 Å². The first-order valence-corrected chi connectivity index (χ1v) is 9.26. The molecule has 1 heterocycles. The number of methoxy groups -OCH3 is 1. The molecule has 1 N–H and O–H groups in total. The second-order valence-corrected chi connectivity index (χ2v) is 6.50. The number of carbonyl (C=O) groups excluding carboxylic acids is 1. The molecule has 0 fully saturated rings. The number of benzene rings is 3. The summed E-state index contributed by atoms with van der Waals surface area (Å²) in [5, 5.41) is 3.79. The fourth-order valence-electron chi connectivity index (χ4n) is 3.36. The van der Waals surface area contributed by atoms with E-state index in [1.165, 1.54) is 0 Å². The third-order valence-electron chi connectivity index (χ3n) is 4.80. The topological polar surface area (TPSA) is 51.5 Å². The largest absolute Gasteiger partial charge is 0.497 e. The lowest BCUT2D eigenvalue weighted by Crippen LogP contribution is -2.13. The summed E-state index contributed by atoms with van der Waals surface area (Å²) < 4.78 is 11.4. The van der Waals surface area contributed by atoms with Crippen molar-refractivity contribution in [3.05, 3.63) is 83.9 Å². The summed E-state index contributed by atoms with van der Waals surface area (Å²) in [4.78, 5) is 13.3. The van der Waals surface area contributed by atoms with E-state index < -0.39 is 0 Å². The number of aryl methyl sites for hydroxylation is 1. The van der Waals surface area contributed by atoms with E-state index in [1.807, 2.05) is 72.8 Å². The van der Waals surface area contributed by atoms with Gasteiger partial charge in [-0.05, 0) is 36.2 Å². The Morgan fingerprint density at radius 2 is 1.75 bits per heavy atom. The number of para-hydroxylation sites is 1. The van der Waals surface area contributed by atoms with E-state index in [-0.39, 0.29) is 5.91 Å². The summed E-state index contributed by atoms with van der Waals surface area (Å²) in [5.41, 5.74) is 3.90. The van der Waals surface area contributed by atoms with Crippen LogP contribution in [0.15, 0.2) is 77.2 Å². The molecule has 4 nitrogen and oxygen atoms in total. The summed E-state index contributed by atoms with van der Waals surface area (Å²) >= 11 is 0. The van der Waals surface area contributed by atoms with Gasteiger partial charge in [0, 0.05) is 16.6 Å². The van der Waals surface area contributed by atoms with Crippen molar-refractivity contribution < 1.29 is 13.9 Å². The van der Waals surface area contributed by atoms with Gasteiger partial charge in [0.15, 0.2) is 0 Å².